The number of oxazole rings is 1. The fourth-order valence-corrected chi connectivity index (χ4v) is 2.99. The number of aryl methyl sites for hydroxylation is 2. The maximum Gasteiger partial charge on any atom is 0.224 e. The lowest BCUT2D eigenvalue weighted by molar-refractivity contribution is -0.116. The minimum absolute atomic E-state index is 0.146. The SMILES string of the molecule is COc1cc(C)c(NC(=O)CCc2ncc(-c3ccccc3Cl)o2)cc1OC. The third-order valence-corrected chi connectivity index (χ3v) is 4.59. The van der Waals surface area contributed by atoms with E-state index in [1.807, 2.05) is 31.2 Å². The number of hydrogen-bond acceptors (Lipinski definition) is 5. The second-order valence-corrected chi connectivity index (χ2v) is 6.58. The van der Waals surface area contributed by atoms with Gasteiger partial charge in [0, 0.05) is 30.2 Å². The zero-order chi connectivity index (χ0) is 20.1. The van der Waals surface area contributed by atoms with E-state index in [1.54, 1.807) is 32.5 Å². The number of ether oxygens (including phenoxy) is 2. The molecular formula is C21H21ClN2O4. The van der Waals surface area contributed by atoms with E-state index in [0.29, 0.717) is 40.3 Å². The Balaban J connectivity index is 1.63. The van der Waals surface area contributed by atoms with Gasteiger partial charge in [0.25, 0.3) is 0 Å². The summed E-state index contributed by atoms with van der Waals surface area (Å²) in [5, 5.41) is 3.48. The van der Waals surface area contributed by atoms with E-state index in [4.69, 9.17) is 25.5 Å². The number of amides is 1. The molecule has 0 saturated carbocycles. The van der Waals surface area contributed by atoms with Gasteiger partial charge in [0.1, 0.15) is 0 Å². The Morgan fingerprint density at radius 2 is 1.89 bits per heavy atom. The van der Waals surface area contributed by atoms with Crippen molar-refractivity contribution in [1.82, 2.24) is 4.98 Å². The van der Waals surface area contributed by atoms with E-state index in [-0.39, 0.29) is 12.3 Å². The number of methoxy groups -OCH3 is 2. The van der Waals surface area contributed by atoms with Crippen molar-refractivity contribution < 1.29 is 18.7 Å². The molecule has 0 spiro atoms. The van der Waals surface area contributed by atoms with Crippen LogP contribution in [0.4, 0.5) is 5.69 Å². The van der Waals surface area contributed by atoms with E-state index >= 15 is 0 Å². The highest BCUT2D eigenvalue weighted by molar-refractivity contribution is 6.33. The second-order valence-electron chi connectivity index (χ2n) is 6.17. The third kappa shape index (κ3) is 4.46. The normalized spacial score (nSPS) is 10.6. The van der Waals surface area contributed by atoms with Crippen molar-refractivity contribution in [2.45, 2.75) is 19.8 Å². The van der Waals surface area contributed by atoms with Crippen LogP contribution in [0.25, 0.3) is 11.3 Å². The van der Waals surface area contributed by atoms with E-state index in [2.05, 4.69) is 10.3 Å². The molecule has 3 rings (SSSR count). The first kappa shape index (κ1) is 19.8. The zero-order valence-electron chi connectivity index (χ0n) is 15.9. The summed E-state index contributed by atoms with van der Waals surface area (Å²) in [5.74, 6) is 2.09. The van der Waals surface area contributed by atoms with Crippen molar-refractivity contribution in [2.24, 2.45) is 0 Å². The van der Waals surface area contributed by atoms with Gasteiger partial charge in [0.05, 0.1) is 25.4 Å². The van der Waals surface area contributed by atoms with Crippen LogP contribution in [0, 0.1) is 6.92 Å². The minimum atomic E-state index is -0.146. The lowest BCUT2D eigenvalue weighted by Crippen LogP contribution is -2.13. The van der Waals surface area contributed by atoms with Crippen LogP contribution < -0.4 is 14.8 Å². The van der Waals surface area contributed by atoms with E-state index in [0.717, 1.165) is 11.1 Å². The van der Waals surface area contributed by atoms with Gasteiger partial charge in [0.2, 0.25) is 5.91 Å². The van der Waals surface area contributed by atoms with Crippen molar-refractivity contribution in [3.8, 4) is 22.8 Å². The summed E-state index contributed by atoms with van der Waals surface area (Å²) in [4.78, 5) is 16.6. The molecule has 0 aliphatic carbocycles. The first-order valence-corrected chi connectivity index (χ1v) is 9.11. The summed E-state index contributed by atoms with van der Waals surface area (Å²) in [6.07, 6.45) is 2.23. The van der Waals surface area contributed by atoms with Crippen LogP contribution in [0.2, 0.25) is 5.02 Å². The summed E-state index contributed by atoms with van der Waals surface area (Å²) in [6.45, 7) is 1.89. The van der Waals surface area contributed by atoms with Crippen molar-refractivity contribution in [3.05, 3.63) is 59.1 Å². The Hall–Kier alpha value is -2.99. The van der Waals surface area contributed by atoms with Crippen LogP contribution in [0.5, 0.6) is 11.5 Å². The van der Waals surface area contributed by atoms with Crippen LogP contribution >= 0.6 is 11.6 Å². The highest BCUT2D eigenvalue weighted by Crippen LogP contribution is 2.33. The molecule has 0 aliphatic heterocycles. The molecule has 0 unspecified atom stereocenters. The molecule has 146 valence electrons. The molecule has 6 nitrogen and oxygen atoms in total. The van der Waals surface area contributed by atoms with Gasteiger partial charge in [-0.2, -0.15) is 0 Å². The number of hydrogen-bond donors (Lipinski definition) is 1. The highest BCUT2D eigenvalue weighted by Gasteiger charge is 2.13. The fourth-order valence-electron chi connectivity index (χ4n) is 2.76. The second kappa shape index (κ2) is 8.80. The van der Waals surface area contributed by atoms with Gasteiger partial charge < -0.3 is 19.2 Å². The number of carbonyl (C=O) groups is 1. The van der Waals surface area contributed by atoms with Crippen LogP contribution in [-0.4, -0.2) is 25.1 Å². The number of halogens is 1. The van der Waals surface area contributed by atoms with Gasteiger partial charge in [-0.1, -0.05) is 23.7 Å². The zero-order valence-corrected chi connectivity index (χ0v) is 16.7. The summed E-state index contributed by atoms with van der Waals surface area (Å²) in [7, 11) is 3.13. The number of benzene rings is 2. The average Bonchev–Trinajstić information content (AvgIpc) is 3.16. The number of carbonyl (C=O) groups excluding carboxylic acids is 1. The van der Waals surface area contributed by atoms with Gasteiger partial charge in [-0.25, -0.2) is 4.98 Å². The topological polar surface area (TPSA) is 73.6 Å². The molecule has 0 bridgehead atoms. The van der Waals surface area contributed by atoms with E-state index < -0.39 is 0 Å². The van der Waals surface area contributed by atoms with Gasteiger partial charge in [0.15, 0.2) is 23.1 Å². The van der Waals surface area contributed by atoms with Crippen molar-refractivity contribution in [2.75, 3.05) is 19.5 Å². The van der Waals surface area contributed by atoms with E-state index in [1.165, 1.54) is 0 Å². The van der Waals surface area contributed by atoms with Gasteiger partial charge in [-0.3, -0.25) is 4.79 Å². The largest absolute Gasteiger partial charge is 0.493 e. The van der Waals surface area contributed by atoms with Gasteiger partial charge in [-0.15, -0.1) is 0 Å². The predicted molar refractivity (Wildman–Crippen MR) is 108 cm³/mol. The quantitative estimate of drug-likeness (QED) is 0.611. The van der Waals surface area contributed by atoms with Crippen molar-refractivity contribution in [3.63, 3.8) is 0 Å². The standard InChI is InChI=1S/C21H21ClN2O4/c1-13-10-17(26-2)18(27-3)11-16(13)24-20(25)8-9-21-23-12-19(28-21)14-6-4-5-7-15(14)22/h4-7,10-12H,8-9H2,1-3H3,(H,24,25). The van der Waals surface area contributed by atoms with Crippen LogP contribution in [-0.2, 0) is 11.2 Å². The van der Waals surface area contributed by atoms with E-state index in [9.17, 15) is 4.79 Å². The lowest BCUT2D eigenvalue weighted by atomic mass is 10.1. The Morgan fingerprint density at radius 3 is 2.61 bits per heavy atom. The van der Waals surface area contributed by atoms with Crippen molar-refractivity contribution in [1.29, 1.82) is 0 Å². The fraction of sp³-hybridized carbons (Fsp3) is 0.238. The Bertz CT molecular complexity index is 984. The molecule has 1 amide bonds. The smallest absolute Gasteiger partial charge is 0.224 e. The number of aromatic nitrogens is 1. The van der Waals surface area contributed by atoms with Crippen LogP contribution in [0.1, 0.15) is 17.9 Å². The van der Waals surface area contributed by atoms with Crippen molar-refractivity contribution >= 4 is 23.2 Å². The molecule has 1 heterocycles. The molecule has 7 heteroatoms. The molecule has 0 radical (unpaired) electrons. The first-order chi connectivity index (χ1) is 13.5. The monoisotopic (exact) mass is 400 g/mol. The molecule has 1 N–H and O–H groups in total. The molecule has 0 saturated heterocycles. The summed E-state index contributed by atoms with van der Waals surface area (Å²) >= 11 is 6.18. The summed E-state index contributed by atoms with van der Waals surface area (Å²) in [6, 6.07) is 10.9. The average molecular weight is 401 g/mol. The summed E-state index contributed by atoms with van der Waals surface area (Å²) in [5.41, 5.74) is 2.32. The minimum Gasteiger partial charge on any atom is -0.493 e. The molecular weight excluding hydrogens is 380 g/mol. The molecule has 0 fully saturated rings. The van der Waals surface area contributed by atoms with Crippen LogP contribution in [0.15, 0.2) is 47.0 Å². The van der Waals surface area contributed by atoms with Gasteiger partial charge >= 0.3 is 0 Å². The predicted octanol–water partition coefficient (Wildman–Crippen LogP) is 4.89. The highest BCUT2D eigenvalue weighted by atomic mass is 35.5. The third-order valence-electron chi connectivity index (χ3n) is 4.26. The number of nitrogens with one attached hydrogen (secondary N) is 1. The first-order valence-electron chi connectivity index (χ1n) is 8.74. The number of nitrogens with zero attached hydrogens (tertiary/aromatic N) is 1. The number of anilines is 1. The molecule has 2 aromatic carbocycles. The Morgan fingerprint density at radius 1 is 1.18 bits per heavy atom. The molecule has 0 atom stereocenters. The lowest BCUT2D eigenvalue weighted by Gasteiger charge is -2.13. The Kier molecular flexibility index (Phi) is 6.21. The maximum absolute atomic E-state index is 12.3. The molecule has 0 aliphatic rings. The Labute approximate surface area is 168 Å². The molecule has 1 aromatic heterocycles. The van der Waals surface area contributed by atoms with Crippen LogP contribution in [0.3, 0.4) is 0 Å². The van der Waals surface area contributed by atoms with Gasteiger partial charge in [-0.05, 0) is 30.7 Å². The summed E-state index contributed by atoms with van der Waals surface area (Å²) < 4.78 is 16.3. The maximum atomic E-state index is 12.3. The molecule has 28 heavy (non-hydrogen) atoms. The number of rotatable bonds is 7. The molecule has 3 aromatic rings.